The largest absolute Gasteiger partial charge is 0.454 e. The number of hydrogen-bond acceptors (Lipinski definition) is 5. The van der Waals surface area contributed by atoms with Crippen LogP contribution in [0.1, 0.15) is 45.1 Å². The molecule has 174 valence electrons. The molecule has 0 N–H and O–H groups in total. The summed E-state index contributed by atoms with van der Waals surface area (Å²) >= 11 is 0. The van der Waals surface area contributed by atoms with E-state index in [4.69, 9.17) is 13.9 Å². The minimum atomic E-state index is -1.93. The quantitative estimate of drug-likeness (QED) is 0.172. The smallest absolute Gasteiger partial charge is 0.232 e. The lowest BCUT2D eigenvalue weighted by Crippen LogP contribution is -2.48. The highest BCUT2D eigenvalue weighted by Crippen LogP contribution is 2.38. The molecule has 32 heavy (non-hydrogen) atoms. The van der Waals surface area contributed by atoms with Gasteiger partial charge in [-0.3, -0.25) is 4.79 Å². The van der Waals surface area contributed by atoms with Gasteiger partial charge in [-0.1, -0.05) is 38.0 Å². The molecule has 1 fully saturated rings. The van der Waals surface area contributed by atoms with Crippen LogP contribution in [0.2, 0.25) is 18.1 Å². The first-order valence-electron chi connectivity index (χ1n) is 11.1. The Labute approximate surface area is 191 Å². The summed E-state index contributed by atoms with van der Waals surface area (Å²) in [5.74, 6) is 0.607. The molecule has 1 aromatic rings. The van der Waals surface area contributed by atoms with Crippen LogP contribution < -0.4 is 9.47 Å². The van der Waals surface area contributed by atoms with Gasteiger partial charge in [0.2, 0.25) is 12.7 Å². The van der Waals surface area contributed by atoms with Gasteiger partial charge in [0.05, 0.1) is 12.6 Å². The van der Waals surface area contributed by atoms with Crippen molar-refractivity contribution < 1.29 is 18.7 Å². The molecule has 3 rings (SSSR count). The van der Waals surface area contributed by atoms with Crippen LogP contribution in [-0.4, -0.2) is 51.2 Å². The lowest BCUT2D eigenvalue weighted by atomic mass is 9.90. The minimum Gasteiger partial charge on any atom is -0.454 e. The lowest BCUT2D eigenvalue weighted by molar-refractivity contribution is -0.134. The van der Waals surface area contributed by atoms with Crippen LogP contribution in [0, 0.1) is 0 Å². The van der Waals surface area contributed by atoms with E-state index >= 15 is 0 Å². The van der Waals surface area contributed by atoms with Crippen LogP contribution in [0.3, 0.4) is 0 Å². The number of benzene rings is 1. The van der Waals surface area contributed by atoms with E-state index in [1.807, 2.05) is 17.0 Å². The number of carbonyl (C=O) groups excluding carboxylic acids is 1. The van der Waals surface area contributed by atoms with Gasteiger partial charge in [0.1, 0.15) is 6.04 Å². The highest BCUT2D eigenvalue weighted by atomic mass is 28.4. The second kappa shape index (κ2) is 9.56. The van der Waals surface area contributed by atoms with E-state index in [-0.39, 0.29) is 23.8 Å². The third-order valence-electron chi connectivity index (χ3n) is 6.91. The molecule has 2 aliphatic heterocycles. The standard InChI is InChI=1S/C23H34N4O4Si/c1-7-18(16-10-11-19-20(13-16)30-15-29-19)21(25-26-24)22(28)27-12-8-9-17(27)14-31-32(5,6)23(2,3)4/h7,10-11,13,17-18,21H,1,8-9,12,14-15H2,2-6H3/t17-,18+,21+/m0/s1. The predicted octanol–water partition coefficient (Wildman–Crippen LogP) is 5.38. The Morgan fingerprint density at radius 1 is 1.41 bits per heavy atom. The van der Waals surface area contributed by atoms with E-state index in [1.54, 1.807) is 12.1 Å². The Bertz CT molecular complexity index is 908. The average molecular weight is 459 g/mol. The van der Waals surface area contributed by atoms with E-state index in [2.05, 4.69) is 50.5 Å². The first kappa shape index (κ1) is 24.2. The van der Waals surface area contributed by atoms with Crippen LogP contribution in [0.25, 0.3) is 10.4 Å². The third-order valence-corrected chi connectivity index (χ3v) is 11.4. The molecule has 0 unspecified atom stereocenters. The van der Waals surface area contributed by atoms with Crippen molar-refractivity contribution in [2.45, 2.75) is 69.7 Å². The summed E-state index contributed by atoms with van der Waals surface area (Å²) in [4.78, 5) is 18.4. The van der Waals surface area contributed by atoms with Gasteiger partial charge in [-0.2, -0.15) is 0 Å². The topological polar surface area (TPSA) is 96.8 Å². The molecule has 1 aromatic carbocycles. The summed E-state index contributed by atoms with van der Waals surface area (Å²) < 4.78 is 17.3. The fourth-order valence-corrected chi connectivity index (χ4v) is 4.93. The molecule has 1 amide bonds. The average Bonchev–Trinajstić information content (AvgIpc) is 3.39. The molecule has 0 saturated carbocycles. The summed E-state index contributed by atoms with van der Waals surface area (Å²) in [6.45, 7) is 16.3. The molecular weight excluding hydrogens is 424 g/mol. The summed E-state index contributed by atoms with van der Waals surface area (Å²) in [6, 6.07) is 4.54. The van der Waals surface area contributed by atoms with Gasteiger partial charge in [0, 0.05) is 17.4 Å². The minimum absolute atomic E-state index is 0.0183. The molecular formula is C23H34N4O4Si. The van der Waals surface area contributed by atoms with Crippen molar-refractivity contribution in [1.29, 1.82) is 0 Å². The second-order valence-electron chi connectivity index (χ2n) is 9.92. The fourth-order valence-electron chi connectivity index (χ4n) is 3.89. The molecule has 8 nitrogen and oxygen atoms in total. The molecule has 2 heterocycles. The fraction of sp³-hybridized carbons (Fsp3) is 0.609. The van der Waals surface area contributed by atoms with Crippen LogP contribution in [0.5, 0.6) is 11.5 Å². The van der Waals surface area contributed by atoms with Gasteiger partial charge in [-0.25, -0.2) is 0 Å². The molecule has 1 saturated heterocycles. The summed E-state index contributed by atoms with van der Waals surface area (Å²) in [5, 5.41) is 4.00. The Morgan fingerprint density at radius 2 is 2.12 bits per heavy atom. The van der Waals surface area contributed by atoms with Gasteiger partial charge in [-0.15, -0.1) is 6.58 Å². The molecule has 9 heteroatoms. The molecule has 0 radical (unpaired) electrons. The van der Waals surface area contributed by atoms with Crippen molar-refractivity contribution in [1.82, 2.24) is 4.90 Å². The number of amides is 1. The van der Waals surface area contributed by atoms with Crippen LogP contribution >= 0.6 is 0 Å². The van der Waals surface area contributed by atoms with Crippen LogP contribution in [0.15, 0.2) is 36.0 Å². The van der Waals surface area contributed by atoms with Crippen LogP contribution in [0.4, 0.5) is 0 Å². The van der Waals surface area contributed by atoms with Crippen molar-refractivity contribution >= 4 is 14.2 Å². The molecule has 2 aliphatic rings. The molecule has 0 spiro atoms. The van der Waals surface area contributed by atoms with Gasteiger partial charge >= 0.3 is 0 Å². The number of nitrogens with zero attached hydrogens (tertiary/aromatic N) is 4. The van der Waals surface area contributed by atoms with Gasteiger partial charge in [0.25, 0.3) is 0 Å². The summed E-state index contributed by atoms with van der Waals surface area (Å²) in [5.41, 5.74) is 10.0. The zero-order valence-corrected chi connectivity index (χ0v) is 20.7. The third kappa shape index (κ3) is 4.95. The van der Waals surface area contributed by atoms with Crippen molar-refractivity contribution in [2.24, 2.45) is 5.11 Å². The number of ether oxygens (including phenoxy) is 2. The van der Waals surface area contributed by atoms with E-state index < -0.39 is 20.3 Å². The first-order chi connectivity index (χ1) is 15.1. The number of hydrogen-bond donors (Lipinski definition) is 0. The van der Waals surface area contributed by atoms with Gasteiger partial charge in [-0.05, 0) is 54.2 Å². The van der Waals surface area contributed by atoms with E-state index in [9.17, 15) is 10.3 Å². The Hall–Kier alpha value is -2.48. The predicted molar refractivity (Wildman–Crippen MR) is 126 cm³/mol. The van der Waals surface area contributed by atoms with Crippen LogP contribution in [-0.2, 0) is 9.22 Å². The van der Waals surface area contributed by atoms with E-state index in [0.717, 1.165) is 18.4 Å². The number of carbonyl (C=O) groups is 1. The number of rotatable bonds is 8. The maximum absolute atomic E-state index is 13.6. The zero-order chi connectivity index (χ0) is 23.5. The molecule has 0 aromatic heterocycles. The second-order valence-corrected chi connectivity index (χ2v) is 14.7. The molecule has 0 bridgehead atoms. The Kier molecular flexibility index (Phi) is 7.22. The summed E-state index contributed by atoms with van der Waals surface area (Å²) in [7, 11) is -1.93. The highest BCUT2D eigenvalue weighted by Gasteiger charge is 2.41. The molecule has 0 aliphatic carbocycles. The number of fused-ring (bicyclic) bond motifs is 1. The lowest BCUT2D eigenvalue weighted by Gasteiger charge is -2.38. The zero-order valence-electron chi connectivity index (χ0n) is 19.7. The van der Waals surface area contributed by atoms with E-state index in [0.29, 0.717) is 24.7 Å². The SMILES string of the molecule is C=C[C@H](c1ccc2c(c1)OCO2)[C@@H](N=[N+]=[N-])C(=O)N1CCC[C@H]1CO[Si](C)(C)C(C)(C)C. The van der Waals surface area contributed by atoms with Gasteiger partial charge < -0.3 is 18.8 Å². The van der Waals surface area contributed by atoms with Gasteiger partial charge in [0.15, 0.2) is 19.8 Å². The highest BCUT2D eigenvalue weighted by molar-refractivity contribution is 6.74. The Morgan fingerprint density at radius 3 is 2.78 bits per heavy atom. The van der Waals surface area contributed by atoms with E-state index in [1.165, 1.54) is 0 Å². The normalized spacial score (nSPS) is 19.9. The number of likely N-dealkylation sites (tertiary alicyclic amines) is 1. The maximum Gasteiger partial charge on any atom is 0.232 e. The monoisotopic (exact) mass is 458 g/mol. The van der Waals surface area contributed by atoms with Crippen molar-refractivity contribution in [3.63, 3.8) is 0 Å². The molecule has 3 atom stereocenters. The van der Waals surface area contributed by atoms with Crippen molar-refractivity contribution in [3.05, 3.63) is 46.9 Å². The first-order valence-corrected chi connectivity index (χ1v) is 14.0. The van der Waals surface area contributed by atoms with Crippen molar-refractivity contribution in [2.75, 3.05) is 19.9 Å². The van der Waals surface area contributed by atoms with Crippen molar-refractivity contribution in [3.8, 4) is 11.5 Å². The summed E-state index contributed by atoms with van der Waals surface area (Å²) in [6.07, 6.45) is 3.45. The maximum atomic E-state index is 13.6. The Balaban J connectivity index is 1.80. The number of azide groups is 1.